The SMILES string of the molecule is CC1CN2CCCC2CN1S(=O)(=O)C1CCNCC1. The molecule has 6 heteroatoms. The lowest BCUT2D eigenvalue weighted by atomic mass is 10.1. The molecule has 110 valence electrons. The van der Waals surface area contributed by atoms with Crippen LogP contribution in [0, 0.1) is 0 Å². The van der Waals surface area contributed by atoms with Gasteiger partial charge in [0.1, 0.15) is 0 Å². The molecule has 0 aromatic heterocycles. The molecule has 3 aliphatic heterocycles. The maximum Gasteiger partial charge on any atom is 0.217 e. The monoisotopic (exact) mass is 287 g/mol. The summed E-state index contributed by atoms with van der Waals surface area (Å²) in [7, 11) is -3.11. The second-order valence-electron chi connectivity index (χ2n) is 6.20. The quantitative estimate of drug-likeness (QED) is 0.790. The van der Waals surface area contributed by atoms with Gasteiger partial charge in [-0.3, -0.25) is 4.90 Å². The van der Waals surface area contributed by atoms with E-state index in [4.69, 9.17) is 0 Å². The third-order valence-electron chi connectivity index (χ3n) is 4.91. The Morgan fingerprint density at radius 2 is 1.84 bits per heavy atom. The molecule has 0 spiro atoms. The number of hydrogen-bond donors (Lipinski definition) is 1. The minimum absolute atomic E-state index is 0.134. The fourth-order valence-corrected chi connectivity index (χ4v) is 5.96. The van der Waals surface area contributed by atoms with Crippen LogP contribution in [-0.2, 0) is 10.0 Å². The van der Waals surface area contributed by atoms with Gasteiger partial charge in [0.2, 0.25) is 10.0 Å². The molecule has 0 aromatic rings. The Hall–Kier alpha value is -0.170. The van der Waals surface area contributed by atoms with Crippen molar-refractivity contribution in [1.29, 1.82) is 0 Å². The fraction of sp³-hybridized carbons (Fsp3) is 1.00. The summed E-state index contributed by atoms with van der Waals surface area (Å²) >= 11 is 0. The molecule has 5 nitrogen and oxygen atoms in total. The van der Waals surface area contributed by atoms with Crippen LogP contribution in [-0.4, -0.2) is 67.7 Å². The first kappa shape index (κ1) is 13.8. The average Bonchev–Trinajstić information content (AvgIpc) is 2.85. The Morgan fingerprint density at radius 1 is 1.11 bits per heavy atom. The van der Waals surface area contributed by atoms with E-state index in [1.165, 1.54) is 6.42 Å². The minimum atomic E-state index is -3.11. The van der Waals surface area contributed by atoms with E-state index in [9.17, 15) is 8.42 Å². The molecule has 3 saturated heterocycles. The molecule has 0 aliphatic carbocycles. The summed E-state index contributed by atoms with van der Waals surface area (Å²) in [5.41, 5.74) is 0. The second-order valence-corrected chi connectivity index (χ2v) is 8.37. The van der Waals surface area contributed by atoms with Crippen LogP contribution in [0.15, 0.2) is 0 Å². The van der Waals surface area contributed by atoms with Crippen LogP contribution in [0.3, 0.4) is 0 Å². The number of rotatable bonds is 2. The normalized spacial score (nSPS) is 35.4. The first-order chi connectivity index (χ1) is 9.09. The van der Waals surface area contributed by atoms with Gasteiger partial charge in [-0.1, -0.05) is 0 Å². The highest BCUT2D eigenvalue weighted by molar-refractivity contribution is 7.89. The molecule has 1 N–H and O–H groups in total. The molecule has 2 atom stereocenters. The summed E-state index contributed by atoms with van der Waals surface area (Å²) in [6, 6.07) is 0.599. The van der Waals surface area contributed by atoms with Gasteiger partial charge in [-0.05, 0) is 52.2 Å². The molecule has 3 aliphatic rings. The van der Waals surface area contributed by atoms with Gasteiger partial charge in [0.05, 0.1) is 5.25 Å². The fourth-order valence-electron chi connectivity index (χ4n) is 3.80. The van der Waals surface area contributed by atoms with E-state index in [0.717, 1.165) is 45.4 Å². The number of hydrogen-bond acceptors (Lipinski definition) is 4. The lowest BCUT2D eigenvalue weighted by Crippen LogP contribution is -2.59. The van der Waals surface area contributed by atoms with Crippen molar-refractivity contribution in [2.45, 2.75) is 49.9 Å². The molecule has 0 radical (unpaired) electrons. The summed E-state index contributed by atoms with van der Waals surface area (Å²) in [4.78, 5) is 2.47. The Labute approximate surface area is 116 Å². The Kier molecular flexibility index (Phi) is 3.86. The van der Waals surface area contributed by atoms with E-state index in [1.54, 1.807) is 0 Å². The van der Waals surface area contributed by atoms with Crippen LogP contribution >= 0.6 is 0 Å². The van der Waals surface area contributed by atoms with Gasteiger partial charge in [-0.15, -0.1) is 0 Å². The first-order valence-electron chi connectivity index (χ1n) is 7.54. The standard InChI is InChI=1S/C13H25N3O2S/c1-11-9-15-8-2-3-12(15)10-16(11)19(17,18)13-4-6-14-7-5-13/h11-14H,2-10H2,1H3. The number of nitrogens with zero attached hydrogens (tertiary/aromatic N) is 2. The number of nitrogens with one attached hydrogen (secondary N) is 1. The zero-order valence-electron chi connectivity index (χ0n) is 11.7. The molecule has 0 amide bonds. The van der Waals surface area contributed by atoms with Crippen LogP contribution in [0.25, 0.3) is 0 Å². The molecular formula is C13H25N3O2S. The molecule has 0 bridgehead atoms. The van der Waals surface area contributed by atoms with Gasteiger partial charge in [0.15, 0.2) is 0 Å². The van der Waals surface area contributed by atoms with Crippen molar-refractivity contribution in [1.82, 2.24) is 14.5 Å². The van der Waals surface area contributed by atoms with Crippen molar-refractivity contribution in [2.24, 2.45) is 0 Å². The highest BCUT2D eigenvalue weighted by atomic mass is 32.2. The van der Waals surface area contributed by atoms with Crippen LogP contribution in [0.2, 0.25) is 0 Å². The predicted octanol–water partition coefficient (Wildman–Crippen LogP) is 0.237. The van der Waals surface area contributed by atoms with Gasteiger partial charge in [0.25, 0.3) is 0 Å². The number of sulfonamides is 1. The molecule has 3 fully saturated rings. The highest BCUT2D eigenvalue weighted by Crippen LogP contribution is 2.29. The second kappa shape index (κ2) is 5.31. The first-order valence-corrected chi connectivity index (χ1v) is 9.05. The Morgan fingerprint density at radius 3 is 2.58 bits per heavy atom. The summed E-state index contributed by atoms with van der Waals surface area (Å²) in [5, 5.41) is 3.08. The Balaban J connectivity index is 1.76. The molecule has 19 heavy (non-hydrogen) atoms. The van der Waals surface area contributed by atoms with Crippen molar-refractivity contribution in [3.63, 3.8) is 0 Å². The summed E-state index contributed by atoms with van der Waals surface area (Å²) in [6.45, 7) is 6.51. The lowest BCUT2D eigenvalue weighted by molar-refractivity contribution is 0.116. The van der Waals surface area contributed by atoms with Gasteiger partial charge in [-0.25, -0.2) is 8.42 Å². The third-order valence-corrected chi connectivity index (χ3v) is 7.39. The summed E-state index contributed by atoms with van der Waals surface area (Å²) in [5.74, 6) is 0. The minimum Gasteiger partial charge on any atom is -0.317 e. The van der Waals surface area contributed by atoms with Crippen LogP contribution in [0.4, 0.5) is 0 Å². The van der Waals surface area contributed by atoms with Gasteiger partial charge in [0, 0.05) is 25.2 Å². The van der Waals surface area contributed by atoms with Crippen LogP contribution in [0.5, 0.6) is 0 Å². The molecule has 3 heterocycles. The van der Waals surface area contributed by atoms with Crippen molar-refractivity contribution in [3.05, 3.63) is 0 Å². The van der Waals surface area contributed by atoms with Gasteiger partial charge < -0.3 is 5.32 Å². The van der Waals surface area contributed by atoms with Gasteiger partial charge >= 0.3 is 0 Å². The van der Waals surface area contributed by atoms with Gasteiger partial charge in [-0.2, -0.15) is 4.31 Å². The average molecular weight is 287 g/mol. The largest absolute Gasteiger partial charge is 0.317 e. The number of fused-ring (bicyclic) bond motifs is 1. The maximum atomic E-state index is 12.8. The van der Waals surface area contributed by atoms with E-state index >= 15 is 0 Å². The molecule has 2 unspecified atom stereocenters. The Bertz CT molecular complexity index is 420. The predicted molar refractivity (Wildman–Crippen MR) is 75.6 cm³/mol. The molecular weight excluding hydrogens is 262 g/mol. The van der Waals surface area contributed by atoms with E-state index in [2.05, 4.69) is 17.1 Å². The highest BCUT2D eigenvalue weighted by Gasteiger charge is 2.42. The van der Waals surface area contributed by atoms with E-state index < -0.39 is 10.0 Å². The van der Waals surface area contributed by atoms with E-state index in [1.807, 2.05) is 4.31 Å². The van der Waals surface area contributed by atoms with Crippen LogP contribution < -0.4 is 5.32 Å². The topological polar surface area (TPSA) is 52.7 Å². The van der Waals surface area contributed by atoms with E-state index in [0.29, 0.717) is 12.6 Å². The molecule has 0 aromatic carbocycles. The van der Waals surface area contributed by atoms with E-state index in [-0.39, 0.29) is 11.3 Å². The molecule has 3 rings (SSSR count). The molecule has 0 saturated carbocycles. The summed E-state index contributed by atoms with van der Waals surface area (Å²) < 4.78 is 27.5. The zero-order valence-corrected chi connectivity index (χ0v) is 12.5. The summed E-state index contributed by atoms with van der Waals surface area (Å²) in [6.07, 6.45) is 3.91. The van der Waals surface area contributed by atoms with Crippen molar-refractivity contribution < 1.29 is 8.42 Å². The van der Waals surface area contributed by atoms with Crippen molar-refractivity contribution in [3.8, 4) is 0 Å². The zero-order chi connectivity index (χ0) is 13.5. The van der Waals surface area contributed by atoms with Crippen molar-refractivity contribution in [2.75, 3.05) is 32.7 Å². The number of piperidine rings is 1. The lowest BCUT2D eigenvalue weighted by Gasteiger charge is -2.43. The third kappa shape index (κ3) is 2.55. The van der Waals surface area contributed by atoms with Crippen LogP contribution in [0.1, 0.15) is 32.6 Å². The van der Waals surface area contributed by atoms with Crippen molar-refractivity contribution >= 4 is 10.0 Å². The maximum absolute atomic E-state index is 12.8. The number of piperazine rings is 1. The smallest absolute Gasteiger partial charge is 0.217 e.